The van der Waals surface area contributed by atoms with Crippen molar-refractivity contribution in [1.29, 1.82) is 0 Å². The van der Waals surface area contributed by atoms with Crippen LogP contribution in [-0.4, -0.2) is 53.4 Å². The van der Waals surface area contributed by atoms with Crippen LogP contribution in [0.15, 0.2) is 48.7 Å². The van der Waals surface area contributed by atoms with Gasteiger partial charge in [-0.05, 0) is 60.1 Å². The second-order valence-corrected chi connectivity index (χ2v) is 10.8. The molecule has 2 aromatic carbocycles. The summed E-state index contributed by atoms with van der Waals surface area (Å²) in [5.41, 5.74) is 2.63. The van der Waals surface area contributed by atoms with Crippen LogP contribution in [-0.2, 0) is 16.1 Å². The van der Waals surface area contributed by atoms with Crippen LogP contribution in [0.2, 0.25) is 0 Å². The zero-order valence-corrected chi connectivity index (χ0v) is 20.3. The van der Waals surface area contributed by atoms with Gasteiger partial charge in [-0.1, -0.05) is 19.1 Å². The first-order valence-corrected chi connectivity index (χ1v) is 12.5. The molecule has 3 fully saturated rings. The van der Waals surface area contributed by atoms with Crippen LogP contribution in [0.25, 0.3) is 10.9 Å². The molecular weight excluding hydrogens is 461 g/mol. The standard InChI is InChI=1S/C28H30FN3O4/c1-27(15-24(33)34)17-28(14-23(27)28)30-26(35)21-6-7-22(29)20-8-9-32(25(20)21)16-18-2-4-19(5-3-18)31-10-12-36-13-11-31/h2-9,23H,10-17H2,1H3,(H,30,35)(H,33,34)/t23-,27-,28?/m1/s1. The Labute approximate surface area is 208 Å². The number of hydrogen-bond donors (Lipinski definition) is 2. The molecule has 3 aliphatic rings. The number of carbonyl (C=O) groups excluding carboxylic acids is 1. The SMILES string of the molecule is C[C@@]1(CC(=O)O)CC2(NC(=O)c3ccc(F)c4ccn(Cc5ccc(N6CCOCC6)cc5)c34)C[C@@H]21. The third-order valence-electron chi connectivity index (χ3n) is 8.34. The van der Waals surface area contributed by atoms with Crippen LogP contribution in [0, 0.1) is 17.2 Å². The number of carbonyl (C=O) groups is 2. The highest BCUT2D eigenvalue weighted by Crippen LogP contribution is 2.71. The van der Waals surface area contributed by atoms with Crippen molar-refractivity contribution in [2.24, 2.45) is 11.3 Å². The highest BCUT2D eigenvalue weighted by molar-refractivity contribution is 6.06. The highest BCUT2D eigenvalue weighted by Gasteiger charge is 2.73. The van der Waals surface area contributed by atoms with E-state index in [0.717, 1.165) is 44.0 Å². The predicted octanol–water partition coefficient (Wildman–Crippen LogP) is 4.04. The maximum atomic E-state index is 14.7. The van der Waals surface area contributed by atoms with Crippen molar-refractivity contribution in [1.82, 2.24) is 9.88 Å². The van der Waals surface area contributed by atoms with Crippen molar-refractivity contribution in [3.63, 3.8) is 0 Å². The van der Waals surface area contributed by atoms with Gasteiger partial charge in [0.2, 0.25) is 0 Å². The molecule has 1 aromatic heterocycles. The number of amides is 1. The lowest BCUT2D eigenvalue weighted by Crippen LogP contribution is -2.52. The van der Waals surface area contributed by atoms with E-state index in [9.17, 15) is 19.1 Å². The van der Waals surface area contributed by atoms with Gasteiger partial charge in [0, 0.05) is 42.4 Å². The lowest BCUT2D eigenvalue weighted by Gasteiger charge is -2.44. The van der Waals surface area contributed by atoms with Gasteiger partial charge in [0.1, 0.15) is 5.82 Å². The van der Waals surface area contributed by atoms with Gasteiger partial charge >= 0.3 is 5.97 Å². The Balaban J connectivity index is 1.22. The molecular formula is C28H30FN3O4. The number of aromatic nitrogens is 1. The van der Waals surface area contributed by atoms with Gasteiger partial charge in [0.25, 0.3) is 5.91 Å². The number of nitrogens with zero attached hydrogens (tertiary/aromatic N) is 2. The molecule has 0 spiro atoms. The molecule has 3 atom stereocenters. The minimum absolute atomic E-state index is 0.114. The Morgan fingerprint density at radius 2 is 1.89 bits per heavy atom. The van der Waals surface area contributed by atoms with Crippen molar-refractivity contribution < 1.29 is 23.8 Å². The third-order valence-corrected chi connectivity index (χ3v) is 8.34. The van der Waals surface area contributed by atoms with Crippen LogP contribution in [0.4, 0.5) is 10.1 Å². The zero-order chi connectivity index (χ0) is 25.1. The van der Waals surface area contributed by atoms with Gasteiger partial charge in [-0.3, -0.25) is 9.59 Å². The van der Waals surface area contributed by atoms with E-state index in [1.54, 1.807) is 12.1 Å². The van der Waals surface area contributed by atoms with Crippen molar-refractivity contribution in [2.75, 3.05) is 31.2 Å². The molecule has 188 valence electrons. The number of hydrogen-bond acceptors (Lipinski definition) is 4. The number of ether oxygens (including phenoxy) is 1. The van der Waals surface area contributed by atoms with Crippen molar-refractivity contribution >= 4 is 28.5 Å². The number of carboxylic acids is 1. The first kappa shape index (κ1) is 23.0. The topological polar surface area (TPSA) is 83.8 Å². The fraction of sp³-hybridized carbons (Fsp3) is 0.429. The quantitative estimate of drug-likeness (QED) is 0.521. The van der Waals surface area contributed by atoms with Crippen molar-refractivity contribution in [3.05, 3.63) is 65.6 Å². The zero-order valence-electron chi connectivity index (χ0n) is 20.3. The molecule has 6 rings (SSSR count). The molecule has 2 saturated carbocycles. The van der Waals surface area contributed by atoms with Gasteiger partial charge in [-0.25, -0.2) is 4.39 Å². The molecule has 1 unspecified atom stereocenters. The van der Waals surface area contributed by atoms with E-state index in [1.807, 2.05) is 17.7 Å². The maximum Gasteiger partial charge on any atom is 0.303 e. The number of aliphatic carboxylic acids is 1. The molecule has 0 radical (unpaired) electrons. The summed E-state index contributed by atoms with van der Waals surface area (Å²) in [6.07, 6.45) is 3.39. The Kier molecular flexibility index (Phi) is 5.33. The molecule has 3 aromatic rings. The van der Waals surface area contributed by atoms with Crippen LogP contribution in [0.1, 0.15) is 42.1 Å². The Bertz CT molecular complexity index is 1350. The van der Waals surface area contributed by atoms with Crippen LogP contribution < -0.4 is 10.2 Å². The maximum absolute atomic E-state index is 14.7. The minimum atomic E-state index is -0.805. The summed E-state index contributed by atoms with van der Waals surface area (Å²) < 4.78 is 22.0. The number of rotatable bonds is 7. The molecule has 2 N–H and O–H groups in total. The van der Waals surface area contributed by atoms with Gasteiger partial charge in [0.05, 0.1) is 30.7 Å². The Morgan fingerprint density at radius 1 is 1.14 bits per heavy atom. The predicted molar refractivity (Wildman–Crippen MR) is 134 cm³/mol. The molecule has 2 heterocycles. The fourth-order valence-electron chi connectivity index (χ4n) is 6.57. The fourth-order valence-corrected chi connectivity index (χ4v) is 6.57. The van der Waals surface area contributed by atoms with E-state index in [0.29, 0.717) is 29.4 Å². The first-order valence-electron chi connectivity index (χ1n) is 12.5. The number of nitrogens with one attached hydrogen (secondary N) is 1. The number of benzene rings is 2. The lowest BCUT2D eigenvalue weighted by atomic mass is 9.65. The summed E-state index contributed by atoms with van der Waals surface area (Å²) in [4.78, 5) is 26.9. The third kappa shape index (κ3) is 3.84. The van der Waals surface area contributed by atoms with Gasteiger partial charge in [-0.15, -0.1) is 0 Å². The molecule has 8 heteroatoms. The second-order valence-electron chi connectivity index (χ2n) is 10.8. The molecule has 36 heavy (non-hydrogen) atoms. The molecule has 7 nitrogen and oxygen atoms in total. The van der Waals surface area contributed by atoms with Crippen molar-refractivity contribution in [2.45, 2.75) is 38.3 Å². The summed E-state index contributed by atoms with van der Waals surface area (Å²) in [6, 6.07) is 12.9. The largest absolute Gasteiger partial charge is 0.481 e. The van der Waals surface area contributed by atoms with Crippen LogP contribution >= 0.6 is 0 Å². The average molecular weight is 492 g/mol. The normalized spacial score (nSPS) is 26.8. The molecule has 1 saturated heterocycles. The van der Waals surface area contributed by atoms with E-state index in [4.69, 9.17) is 4.74 Å². The monoisotopic (exact) mass is 491 g/mol. The van der Waals surface area contributed by atoms with Crippen LogP contribution in [0.5, 0.6) is 0 Å². The van der Waals surface area contributed by atoms with E-state index >= 15 is 0 Å². The van der Waals surface area contributed by atoms with E-state index < -0.39 is 5.97 Å². The molecule has 1 aliphatic heterocycles. The first-order chi connectivity index (χ1) is 17.3. The highest BCUT2D eigenvalue weighted by atomic mass is 19.1. The van der Waals surface area contributed by atoms with Gasteiger partial charge < -0.3 is 24.6 Å². The summed E-state index contributed by atoms with van der Waals surface area (Å²) in [6.45, 7) is 5.70. The summed E-state index contributed by atoms with van der Waals surface area (Å²) in [5.74, 6) is -1.22. The minimum Gasteiger partial charge on any atom is -0.481 e. The lowest BCUT2D eigenvalue weighted by molar-refractivity contribution is -0.141. The molecule has 1 amide bonds. The number of anilines is 1. The average Bonchev–Trinajstić information content (AvgIpc) is 3.27. The van der Waals surface area contributed by atoms with Crippen molar-refractivity contribution in [3.8, 4) is 0 Å². The Morgan fingerprint density at radius 3 is 2.58 bits per heavy atom. The van der Waals surface area contributed by atoms with E-state index in [-0.39, 0.29) is 35.0 Å². The van der Waals surface area contributed by atoms with Gasteiger partial charge in [-0.2, -0.15) is 0 Å². The van der Waals surface area contributed by atoms with Crippen LogP contribution in [0.3, 0.4) is 0 Å². The summed E-state index contributed by atoms with van der Waals surface area (Å²) >= 11 is 0. The number of fused-ring (bicyclic) bond motifs is 2. The van der Waals surface area contributed by atoms with E-state index in [2.05, 4.69) is 34.5 Å². The molecule has 0 bridgehead atoms. The number of halogens is 1. The number of carboxylic acid groups (broad SMARTS) is 1. The smallest absolute Gasteiger partial charge is 0.303 e. The summed E-state index contributed by atoms with van der Waals surface area (Å²) in [5, 5.41) is 12.8. The van der Waals surface area contributed by atoms with E-state index in [1.165, 1.54) is 6.07 Å². The van der Waals surface area contributed by atoms with Gasteiger partial charge in [0.15, 0.2) is 0 Å². The second kappa shape index (κ2) is 8.34. The Hall–Kier alpha value is -3.39. The number of morpholine rings is 1. The molecule has 2 aliphatic carbocycles. The summed E-state index contributed by atoms with van der Waals surface area (Å²) in [7, 11) is 0.